The van der Waals surface area contributed by atoms with Crippen LogP contribution in [0, 0.1) is 5.92 Å². The number of thiophene rings is 1. The molecule has 1 fully saturated rings. The van der Waals surface area contributed by atoms with E-state index in [1.54, 1.807) is 18.3 Å². The van der Waals surface area contributed by atoms with E-state index < -0.39 is 0 Å². The predicted octanol–water partition coefficient (Wildman–Crippen LogP) is 2.91. The number of aromatic nitrogens is 1. The van der Waals surface area contributed by atoms with E-state index in [9.17, 15) is 9.59 Å². The van der Waals surface area contributed by atoms with Crippen molar-refractivity contribution in [1.29, 1.82) is 0 Å². The molecule has 0 saturated carbocycles. The second-order valence-corrected chi connectivity index (χ2v) is 7.10. The van der Waals surface area contributed by atoms with E-state index in [4.69, 9.17) is 0 Å². The summed E-state index contributed by atoms with van der Waals surface area (Å²) in [5.41, 5.74) is 0.657. The number of rotatable bonds is 6. The Bertz CT molecular complexity index is 758. The van der Waals surface area contributed by atoms with Gasteiger partial charge in [-0.3, -0.25) is 9.59 Å². The van der Waals surface area contributed by atoms with Crippen molar-refractivity contribution in [2.24, 2.45) is 5.92 Å². The van der Waals surface area contributed by atoms with Crippen molar-refractivity contribution in [1.82, 2.24) is 10.3 Å². The first-order valence-electron chi connectivity index (χ1n) is 8.62. The van der Waals surface area contributed by atoms with E-state index in [0.29, 0.717) is 23.7 Å². The summed E-state index contributed by atoms with van der Waals surface area (Å²) in [6, 6.07) is 7.36. The number of carbonyl (C=O) groups is 2. The molecule has 2 N–H and O–H groups in total. The third-order valence-electron chi connectivity index (χ3n) is 4.29. The van der Waals surface area contributed by atoms with Crippen molar-refractivity contribution in [3.63, 3.8) is 0 Å². The Morgan fingerprint density at radius 2 is 2.27 bits per heavy atom. The topological polar surface area (TPSA) is 74.3 Å². The van der Waals surface area contributed by atoms with Gasteiger partial charge < -0.3 is 15.5 Å². The zero-order chi connectivity index (χ0) is 18.4. The fourth-order valence-electron chi connectivity index (χ4n) is 2.96. The summed E-state index contributed by atoms with van der Waals surface area (Å²) in [5, 5.41) is 7.58. The van der Waals surface area contributed by atoms with Gasteiger partial charge in [0.15, 0.2) is 0 Å². The third kappa shape index (κ3) is 4.49. The van der Waals surface area contributed by atoms with Crippen molar-refractivity contribution < 1.29 is 9.59 Å². The molecule has 3 heterocycles. The summed E-state index contributed by atoms with van der Waals surface area (Å²) in [7, 11) is 0. The minimum atomic E-state index is -0.133. The Hall–Kier alpha value is -2.67. The van der Waals surface area contributed by atoms with E-state index in [-0.39, 0.29) is 17.7 Å². The van der Waals surface area contributed by atoms with E-state index in [1.807, 2.05) is 23.6 Å². The number of nitrogens with one attached hydrogen (secondary N) is 2. The number of hydrogen-bond acceptors (Lipinski definition) is 5. The van der Waals surface area contributed by atoms with Gasteiger partial charge in [0.25, 0.3) is 5.91 Å². The van der Waals surface area contributed by atoms with E-state index >= 15 is 0 Å². The lowest BCUT2D eigenvalue weighted by Gasteiger charge is -2.32. The van der Waals surface area contributed by atoms with Crippen LogP contribution in [0.4, 0.5) is 11.5 Å². The maximum Gasteiger partial charge on any atom is 0.265 e. The first-order chi connectivity index (χ1) is 12.7. The Labute approximate surface area is 156 Å². The molecule has 6 nitrogen and oxygen atoms in total. The molecule has 0 bridgehead atoms. The molecule has 3 rings (SSSR count). The molecule has 7 heteroatoms. The summed E-state index contributed by atoms with van der Waals surface area (Å²) in [5.74, 6) is 0.713. The van der Waals surface area contributed by atoms with Crippen LogP contribution in [0.3, 0.4) is 0 Å². The van der Waals surface area contributed by atoms with Gasteiger partial charge in [-0.1, -0.05) is 12.1 Å². The largest absolute Gasteiger partial charge is 0.356 e. The number of amides is 2. The Morgan fingerprint density at radius 1 is 1.38 bits per heavy atom. The smallest absolute Gasteiger partial charge is 0.265 e. The Balaban J connectivity index is 1.60. The second kappa shape index (κ2) is 8.62. The normalized spacial score (nSPS) is 16.8. The zero-order valence-electron chi connectivity index (χ0n) is 14.5. The molecular formula is C19H22N4O2S. The van der Waals surface area contributed by atoms with Gasteiger partial charge in [-0.05, 0) is 36.4 Å². The highest BCUT2D eigenvalue weighted by Gasteiger charge is 2.26. The van der Waals surface area contributed by atoms with Gasteiger partial charge in [0.2, 0.25) is 5.91 Å². The van der Waals surface area contributed by atoms with Crippen molar-refractivity contribution in [2.45, 2.75) is 12.8 Å². The lowest BCUT2D eigenvalue weighted by Crippen LogP contribution is -2.43. The van der Waals surface area contributed by atoms with Crippen LogP contribution in [0.2, 0.25) is 0 Å². The fraction of sp³-hybridized carbons (Fsp3) is 0.316. The van der Waals surface area contributed by atoms with Gasteiger partial charge in [-0.2, -0.15) is 0 Å². The molecule has 1 saturated heterocycles. The van der Waals surface area contributed by atoms with Gasteiger partial charge >= 0.3 is 0 Å². The molecule has 1 aliphatic heterocycles. The van der Waals surface area contributed by atoms with E-state index in [1.165, 1.54) is 11.3 Å². The summed E-state index contributed by atoms with van der Waals surface area (Å²) in [6.07, 6.45) is 5.17. The molecule has 0 aromatic carbocycles. The third-order valence-corrected chi connectivity index (χ3v) is 5.16. The minimum Gasteiger partial charge on any atom is -0.356 e. The zero-order valence-corrected chi connectivity index (χ0v) is 15.3. The first kappa shape index (κ1) is 18.1. The highest BCUT2D eigenvalue weighted by atomic mass is 32.1. The molecule has 0 spiro atoms. The molecule has 2 aromatic rings. The SMILES string of the molecule is C=CCNC(=O)C1CCCN(c2ccc(NC(=O)c3cccs3)cn2)C1. The van der Waals surface area contributed by atoms with Crippen molar-refractivity contribution in [3.8, 4) is 0 Å². The standard InChI is InChI=1S/C19H22N4O2S/c1-2-9-20-18(24)14-5-3-10-23(13-14)17-8-7-15(12-21-17)22-19(25)16-6-4-11-26-16/h2,4,6-8,11-12,14H,1,3,5,9-10,13H2,(H,20,24)(H,22,25). The van der Waals surface area contributed by atoms with Crippen LogP contribution in [0.25, 0.3) is 0 Å². The highest BCUT2D eigenvalue weighted by molar-refractivity contribution is 7.12. The maximum absolute atomic E-state index is 12.2. The number of piperidine rings is 1. The summed E-state index contributed by atoms with van der Waals surface area (Å²) in [6.45, 7) is 5.64. The van der Waals surface area contributed by atoms with Gasteiger partial charge in [0.1, 0.15) is 5.82 Å². The number of anilines is 2. The first-order valence-corrected chi connectivity index (χ1v) is 9.50. The molecule has 2 aromatic heterocycles. The van der Waals surface area contributed by atoms with Gasteiger partial charge in [-0.15, -0.1) is 17.9 Å². The number of pyridine rings is 1. The molecule has 2 amide bonds. The van der Waals surface area contributed by atoms with E-state index in [0.717, 1.165) is 25.2 Å². The summed E-state index contributed by atoms with van der Waals surface area (Å²) < 4.78 is 0. The fourth-order valence-corrected chi connectivity index (χ4v) is 3.58. The van der Waals surface area contributed by atoms with E-state index in [2.05, 4.69) is 27.1 Å². The van der Waals surface area contributed by atoms with Crippen LogP contribution in [0.5, 0.6) is 0 Å². The molecule has 1 unspecified atom stereocenters. The molecular weight excluding hydrogens is 348 g/mol. The van der Waals surface area contributed by atoms with Crippen LogP contribution < -0.4 is 15.5 Å². The van der Waals surface area contributed by atoms with Crippen molar-refractivity contribution >= 4 is 34.7 Å². The molecule has 1 aliphatic rings. The minimum absolute atomic E-state index is 0.0382. The van der Waals surface area contributed by atoms with Crippen molar-refractivity contribution in [3.05, 3.63) is 53.4 Å². The Morgan fingerprint density at radius 3 is 2.96 bits per heavy atom. The summed E-state index contributed by atoms with van der Waals surface area (Å²) >= 11 is 1.40. The van der Waals surface area contributed by atoms with Gasteiger partial charge in [-0.25, -0.2) is 4.98 Å². The lowest BCUT2D eigenvalue weighted by molar-refractivity contribution is -0.125. The van der Waals surface area contributed by atoms with Crippen molar-refractivity contribution in [2.75, 3.05) is 29.9 Å². The summed E-state index contributed by atoms with van der Waals surface area (Å²) in [4.78, 5) is 31.5. The maximum atomic E-state index is 12.2. The average Bonchev–Trinajstić information content (AvgIpc) is 3.22. The molecule has 136 valence electrons. The number of nitrogens with zero attached hydrogens (tertiary/aromatic N) is 2. The van der Waals surface area contributed by atoms with Gasteiger partial charge in [0.05, 0.1) is 22.7 Å². The van der Waals surface area contributed by atoms with Crippen LogP contribution in [0.1, 0.15) is 22.5 Å². The van der Waals surface area contributed by atoms with Crippen LogP contribution in [-0.2, 0) is 4.79 Å². The molecule has 0 radical (unpaired) electrons. The molecule has 26 heavy (non-hydrogen) atoms. The Kier molecular flexibility index (Phi) is 6.01. The van der Waals surface area contributed by atoms with Gasteiger partial charge in [0, 0.05) is 19.6 Å². The second-order valence-electron chi connectivity index (χ2n) is 6.16. The average molecular weight is 370 g/mol. The number of hydrogen-bond donors (Lipinski definition) is 2. The van der Waals surface area contributed by atoms with Crippen LogP contribution in [-0.4, -0.2) is 36.4 Å². The quantitative estimate of drug-likeness (QED) is 0.767. The monoisotopic (exact) mass is 370 g/mol. The van der Waals surface area contributed by atoms with Crippen LogP contribution in [0.15, 0.2) is 48.5 Å². The molecule has 1 atom stereocenters. The predicted molar refractivity (Wildman–Crippen MR) is 105 cm³/mol. The lowest BCUT2D eigenvalue weighted by atomic mass is 9.97. The highest BCUT2D eigenvalue weighted by Crippen LogP contribution is 2.23. The van der Waals surface area contributed by atoms with Crippen LogP contribution >= 0.6 is 11.3 Å². The molecule has 0 aliphatic carbocycles. The number of carbonyl (C=O) groups excluding carboxylic acids is 2.